The third kappa shape index (κ3) is 3.49. The predicted molar refractivity (Wildman–Crippen MR) is 76.3 cm³/mol. The molecule has 2 heterocycles. The highest BCUT2D eigenvalue weighted by molar-refractivity contribution is 6.00. The summed E-state index contributed by atoms with van der Waals surface area (Å²) < 4.78 is 5.56. The van der Waals surface area contributed by atoms with Gasteiger partial charge in [-0.15, -0.1) is 0 Å². The predicted octanol–water partition coefficient (Wildman–Crippen LogP) is 0.943. The normalized spacial score (nSPS) is 20.7. The zero-order valence-electron chi connectivity index (χ0n) is 11.9. The van der Waals surface area contributed by atoms with Crippen LogP contribution >= 0.6 is 0 Å². The van der Waals surface area contributed by atoms with Crippen molar-refractivity contribution in [3.8, 4) is 0 Å². The molecule has 2 N–H and O–H groups in total. The minimum Gasteiger partial charge on any atom is -0.466 e. The molecule has 0 bridgehead atoms. The van der Waals surface area contributed by atoms with Gasteiger partial charge in [-0.3, -0.25) is 10.3 Å². The third-order valence-electron chi connectivity index (χ3n) is 2.97. The number of hydrogen-bond acceptors (Lipinski definition) is 4. The topological polar surface area (TPSA) is 65.2 Å². The van der Waals surface area contributed by atoms with Gasteiger partial charge in [0.15, 0.2) is 5.96 Å². The van der Waals surface area contributed by atoms with Gasteiger partial charge in [-0.1, -0.05) is 0 Å². The Morgan fingerprint density at radius 3 is 2.89 bits per heavy atom. The molecule has 2 rings (SSSR count). The van der Waals surface area contributed by atoms with Gasteiger partial charge in [0.25, 0.3) is 0 Å². The molecule has 0 aromatic carbocycles. The Bertz CT molecular complexity index is 491. The second-order valence-electron chi connectivity index (χ2n) is 4.65. The summed E-state index contributed by atoms with van der Waals surface area (Å²) >= 11 is 0. The van der Waals surface area contributed by atoms with Crippen LogP contribution < -0.4 is 10.6 Å². The fourth-order valence-corrected chi connectivity index (χ4v) is 1.91. The maximum Gasteiger partial charge on any atom is 0.202 e. The molecule has 1 aromatic rings. The number of furan rings is 1. The number of nitrogens with zero attached hydrogens (tertiary/aromatic N) is 3. The third-order valence-corrected chi connectivity index (χ3v) is 2.97. The van der Waals surface area contributed by atoms with Gasteiger partial charge in [-0.25, -0.2) is 4.99 Å². The van der Waals surface area contributed by atoms with Crippen LogP contribution in [-0.4, -0.2) is 43.6 Å². The summed E-state index contributed by atoms with van der Waals surface area (Å²) in [6.45, 7) is 4.79. The number of aliphatic imine (C=N–C) groups is 2. The molecule has 6 nitrogen and oxygen atoms in total. The standard InChI is InChI=1S/C13H21N5O/c1-9-5-6-11(19-9)7-8-18(4)13-16-10(2)15-12(14-3)17-13/h5-6,10H,7-8H2,1-4H3,(H2,14,15,16,17). The first-order valence-electron chi connectivity index (χ1n) is 6.43. The van der Waals surface area contributed by atoms with E-state index in [1.54, 1.807) is 7.05 Å². The average Bonchev–Trinajstić information content (AvgIpc) is 2.81. The lowest BCUT2D eigenvalue weighted by molar-refractivity contribution is 0.429. The molecule has 0 amide bonds. The first-order valence-corrected chi connectivity index (χ1v) is 6.43. The SMILES string of the molecule is CN=C1NC(N(C)CCc2ccc(C)o2)=NC(C)N1. The lowest BCUT2D eigenvalue weighted by Crippen LogP contribution is -2.54. The van der Waals surface area contributed by atoms with Crippen molar-refractivity contribution < 1.29 is 4.42 Å². The Kier molecular flexibility index (Phi) is 4.09. The smallest absolute Gasteiger partial charge is 0.202 e. The molecule has 1 aliphatic rings. The lowest BCUT2D eigenvalue weighted by atomic mass is 10.3. The van der Waals surface area contributed by atoms with Crippen LogP contribution in [0.2, 0.25) is 0 Å². The van der Waals surface area contributed by atoms with Crippen LogP contribution in [0.4, 0.5) is 0 Å². The van der Waals surface area contributed by atoms with Crippen molar-refractivity contribution in [2.24, 2.45) is 9.98 Å². The molecule has 104 valence electrons. The van der Waals surface area contributed by atoms with E-state index in [0.717, 1.165) is 36.4 Å². The molecule has 1 aliphatic heterocycles. The Labute approximate surface area is 113 Å². The Balaban J connectivity index is 1.94. The molecule has 6 heteroatoms. The highest BCUT2D eigenvalue weighted by Gasteiger charge is 2.17. The fraction of sp³-hybridized carbons (Fsp3) is 0.538. The van der Waals surface area contributed by atoms with E-state index in [2.05, 4.69) is 25.5 Å². The highest BCUT2D eigenvalue weighted by Crippen LogP contribution is 2.07. The minimum atomic E-state index is 0.0308. The van der Waals surface area contributed by atoms with Crippen LogP contribution in [0.25, 0.3) is 0 Å². The monoisotopic (exact) mass is 263 g/mol. The van der Waals surface area contributed by atoms with E-state index in [9.17, 15) is 0 Å². The van der Waals surface area contributed by atoms with E-state index >= 15 is 0 Å². The van der Waals surface area contributed by atoms with Crippen LogP contribution in [0.3, 0.4) is 0 Å². The second kappa shape index (κ2) is 5.77. The Hall–Kier alpha value is -1.98. The Morgan fingerprint density at radius 1 is 1.47 bits per heavy atom. The number of rotatable bonds is 3. The van der Waals surface area contributed by atoms with Crippen LogP contribution in [0, 0.1) is 6.92 Å². The van der Waals surface area contributed by atoms with Crippen LogP contribution in [0.1, 0.15) is 18.4 Å². The van der Waals surface area contributed by atoms with Gasteiger partial charge < -0.3 is 14.6 Å². The zero-order chi connectivity index (χ0) is 13.8. The molecule has 19 heavy (non-hydrogen) atoms. The molecular weight excluding hydrogens is 242 g/mol. The minimum absolute atomic E-state index is 0.0308. The van der Waals surface area contributed by atoms with E-state index in [1.165, 1.54) is 0 Å². The van der Waals surface area contributed by atoms with Crippen LogP contribution in [0.15, 0.2) is 26.5 Å². The molecular formula is C13H21N5O. The van der Waals surface area contributed by atoms with E-state index in [4.69, 9.17) is 4.42 Å². The van der Waals surface area contributed by atoms with Gasteiger partial charge in [-0.05, 0) is 26.0 Å². The second-order valence-corrected chi connectivity index (χ2v) is 4.65. The molecule has 1 unspecified atom stereocenters. The van der Waals surface area contributed by atoms with E-state index in [0.29, 0.717) is 0 Å². The Morgan fingerprint density at radius 2 is 2.26 bits per heavy atom. The largest absolute Gasteiger partial charge is 0.466 e. The van der Waals surface area contributed by atoms with Crippen molar-refractivity contribution in [2.45, 2.75) is 26.4 Å². The number of hydrogen-bond donors (Lipinski definition) is 2. The summed E-state index contributed by atoms with van der Waals surface area (Å²) in [6.07, 6.45) is 0.883. The first-order chi connectivity index (χ1) is 9.08. The summed E-state index contributed by atoms with van der Waals surface area (Å²) in [5.41, 5.74) is 0. The van der Waals surface area contributed by atoms with Gasteiger partial charge >= 0.3 is 0 Å². The average molecular weight is 263 g/mol. The van der Waals surface area contributed by atoms with Crippen LogP contribution in [-0.2, 0) is 6.42 Å². The highest BCUT2D eigenvalue weighted by atomic mass is 16.3. The van der Waals surface area contributed by atoms with Crippen molar-refractivity contribution in [1.82, 2.24) is 15.5 Å². The van der Waals surface area contributed by atoms with E-state index in [-0.39, 0.29) is 6.17 Å². The van der Waals surface area contributed by atoms with Crippen molar-refractivity contribution in [2.75, 3.05) is 20.6 Å². The van der Waals surface area contributed by atoms with Crippen molar-refractivity contribution in [1.29, 1.82) is 0 Å². The van der Waals surface area contributed by atoms with Gasteiger partial charge in [0.2, 0.25) is 5.96 Å². The van der Waals surface area contributed by atoms with Gasteiger partial charge in [0.1, 0.15) is 17.7 Å². The molecule has 1 aromatic heterocycles. The van der Waals surface area contributed by atoms with Gasteiger partial charge in [0, 0.05) is 27.1 Å². The quantitative estimate of drug-likeness (QED) is 0.852. The lowest BCUT2D eigenvalue weighted by Gasteiger charge is -2.28. The molecule has 0 spiro atoms. The molecule has 0 saturated carbocycles. The molecule has 0 fully saturated rings. The number of likely N-dealkylation sites (N-methyl/N-ethyl adjacent to an activating group) is 1. The number of aryl methyl sites for hydroxylation is 1. The molecule has 0 aliphatic carbocycles. The van der Waals surface area contributed by atoms with E-state index in [1.807, 2.05) is 33.0 Å². The number of nitrogens with one attached hydrogen (secondary N) is 2. The molecule has 1 atom stereocenters. The zero-order valence-corrected chi connectivity index (χ0v) is 11.9. The van der Waals surface area contributed by atoms with Gasteiger partial charge in [0.05, 0.1) is 0 Å². The molecule has 0 saturated heterocycles. The summed E-state index contributed by atoms with van der Waals surface area (Å²) in [6, 6.07) is 4.00. The summed E-state index contributed by atoms with van der Waals surface area (Å²) in [5, 5.41) is 6.29. The maximum absolute atomic E-state index is 5.56. The maximum atomic E-state index is 5.56. The fourth-order valence-electron chi connectivity index (χ4n) is 1.91. The summed E-state index contributed by atoms with van der Waals surface area (Å²) in [5.74, 6) is 3.52. The van der Waals surface area contributed by atoms with Crippen molar-refractivity contribution in [3.63, 3.8) is 0 Å². The first kappa shape index (κ1) is 13.5. The summed E-state index contributed by atoms with van der Waals surface area (Å²) in [7, 11) is 3.75. The van der Waals surface area contributed by atoms with Crippen molar-refractivity contribution >= 4 is 11.9 Å². The van der Waals surface area contributed by atoms with Crippen LogP contribution in [0.5, 0.6) is 0 Å². The molecule has 0 radical (unpaired) electrons. The van der Waals surface area contributed by atoms with E-state index < -0.39 is 0 Å². The van der Waals surface area contributed by atoms with Crippen molar-refractivity contribution in [3.05, 3.63) is 23.7 Å². The van der Waals surface area contributed by atoms with Gasteiger partial charge in [-0.2, -0.15) is 0 Å². The summed E-state index contributed by atoms with van der Waals surface area (Å²) in [4.78, 5) is 10.7. The number of guanidine groups is 2.